The topological polar surface area (TPSA) is 164 Å². The van der Waals surface area contributed by atoms with E-state index in [2.05, 4.69) is 338 Å². The van der Waals surface area contributed by atoms with Crippen molar-refractivity contribution in [3.63, 3.8) is 0 Å². The molecule has 0 aliphatic heterocycles. The summed E-state index contributed by atoms with van der Waals surface area (Å²) >= 11 is 0. The first-order valence-corrected chi connectivity index (χ1v) is 47.1. The molecule has 121 heavy (non-hydrogen) atoms. The fraction of sp³-hybridized carbons (Fsp3) is 0.933. The van der Waals surface area contributed by atoms with Crippen molar-refractivity contribution < 1.29 is 66.4 Å². The molecule has 0 spiro atoms. The quantitative estimate of drug-likeness (QED) is 0.0595. The number of unbranched alkanes of at least 4 members (excludes halogenated alkanes) is 9. The number of amides is 1. The zero-order chi connectivity index (χ0) is 96.4. The van der Waals surface area contributed by atoms with Gasteiger partial charge >= 0.3 is 0 Å². The van der Waals surface area contributed by atoms with Gasteiger partial charge in [-0.05, 0) is 466 Å². The summed E-state index contributed by atoms with van der Waals surface area (Å²) < 4.78 is 73.2. The number of carbonyl (C=O) groups is 1. The number of nitrogens with zero attached hydrogens (tertiary/aromatic N) is 1. The Bertz CT molecular complexity index is 2280. The van der Waals surface area contributed by atoms with E-state index < -0.39 is 0 Å². The standard InChI is InChI=1S/C16H26O2.C14H31NO.C13H27NO2.C13H29NO.C13H28O2.2C12H26O2.C11H24O2/c1-15(2,3)17-11-13-7-9-14(10-8-13)12-18-16(4,5)6;1-13(2,3)15(7)11-9-8-10-12-16-14(4,5)6;1-12(2,3)14-11(15)9-7-8-10-16-13(4,5)6;2*1-12(2,3)14-10-8-7-9-11-15-13(4,5)6;2*1-11(2,3)13-9-7-8-10-14-12(4,5)6;1-10(2,3)12-8-7-9-13-11(4,5)6/h7-10H,11-12H2,1-6H3;8-12H2,1-7H3;7-10H2,1-6H3,(H,14,15);14H,7-11H2,1-6H3;7-11H2,1-6H3;2*7-10H2,1-6H3;7-9H2,1-6H3. The van der Waals surface area contributed by atoms with Gasteiger partial charge < -0.3 is 77.1 Å². The van der Waals surface area contributed by atoms with Crippen LogP contribution in [-0.4, -0.2) is 193 Å². The van der Waals surface area contributed by atoms with Crippen LogP contribution in [0.5, 0.6) is 0 Å². The molecule has 17 heteroatoms. The predicted octanol–water partition coefficient (Wildman–Crippen LogP) is 27.9. The molecular weight excluding hydrogens is 1520 g/mol. The van der Waals surface area contributed by atoms with Gasteiger partial charge in [0.15, 0.2) is 0 Å². The second kappa shape index (κ2) is 65.6. The van der Waals surface area contributed by atoms with Crippen LogP contribution in [0.3, 0.4) is 0 Å². The summed E-state index contributed by atoms with van der Waals surface area (Å²) in [5.74, 6) is 0.128. The molecule has 732 valence electrons. The lowest BCUT2D eigenvalue weighted by Crippen LogP contribution is -2.40. The minimum atomic E-state index is -0.126. The molecule has 1 aromatic carbocycles. The smallest absolute Gasteiger partial charge is 0.220 e. The molecule has 1 aromatic rings. The predicted molar refractivity (Wildman–Crippen MR) is 525 cm³/mol. The lowest BCUT2D eigenvalue weighted by atomic mass is 10.1. The summed E-state index contributed by atoms with van der Waals surface area (Å²) in [4.78, 5) is 13.9. The molecule has 0 radical (unpaired) electrons. The molecule has 0 bridgehead atoms. The van der Waals surface area contributed by atoms with Crippen LogP contribution in [0.2, 0.25) is 0 Å². The number of hydrogen-bond acceptors (Lipinski definition) is 16. The molecule has 1 rings (SSSR count). The number of benzene rings is 1. The monoisotopic (exact) mass is 1730 g/mol. The highest BCUT2D eigenvalue weighted by atomic mass is 16.5. The van der Waals surface area contributed by atoms with Gasteiger partial charge in [0.2, 0.25) is 5.91 Å². The van der Waals surface area contributed by atoms with E-state index in [0.717, 1.165) is 137 Å². The van der Waals surface area contributed by atoms with E-state index in [1.807, 2.05) is 41.5 Å². The maximum Gasteiger partial charge on any atom is 0.220 e. The van der Waals surface area contributed by atoms with Crippen LogP contribution >= 0.6 is 0 Å². The van der Waals surface area contributed by atoms with Crippen LogP contribution in [0.15, 0.2) is 24.3 Å². The Hall–Kier alpha value is -1.91. The Morgan fingerprint density at radius 3 is 0.628 bits per heavy atom. The Morgan fingerprint density at radius 1 is 0.240 bits per heavy atom. The molecule has 2 N–H and O–H groups in total. The van der Waals surface area contributed by atoms with Gasteiger partial charge in [-0.3, -0.25) is 4.79 Å². The van der Waals surface area contributed by atoms with E-state index in [-0.39, 0.29) is 89.8 Å². The van der Waals surface area contributed by atoms with E-state index >= 15 is 0 Å². The molecule has 0 saturated heterocycles. The molecule has 0 heterocycles. The normalized spacial score (nSPS) is 13.1. The van der Waals surface area contributed by atoms with Crippen LogP contribution < -0.4 is 10.6 Å². The van der Waals surface area contributed by atoms with Crippen molar-refractivity contribution in [3.8, 4) is 0 Å². The minimum absolute atomic E-state index is 0.00189. The van der Waals surface area contributed by atoms with Gasteiger partial charge in [-0.2, -0.15) is 0 Å². The van der Waals surface area contributed by atoms with E-state index in [0.29, 0.717) is 25.2 Å². The maximum absolute atomic E-state index is 11.5. The lowest BCUT2D eigenvalue weighted by Gasteiger charge is -2.31. The summed E-state index contributed by atoms with van der Waals surface area (Å²) in [6.45, 7) is 113. The fourth-order valence-electron chi connectivity index (χ4n) is 9.04. The summed E-state index contributed by atoms with van der Waals surface area (Å²) in [5.41, 5.74) is 2.51. The first-order chi connectivity index (χ1) is 53.9. The highest BCUT2D eigenvalue weighted by Gasteiger charge is 2.21. The van der Waals surface area contributed by atoms with Crippen LogP contribution in [0, 0.1) is 0 Å². The largest absolute Gasteiger partial charge is 0.376 e. The van der Waals surface area contributed by atoms with Gasteiger partial charge in [0.25, 0.3) is 0 Å². The zero-order valence-corrected chi connectivity index (χ0v) is 90.6. The Labute approximate surface area is 756 Å². The van der Waals surface area contributed by atoms with Crippen molar-refractivity contribution >= 4 is 5.91 Å². The highest BCUT2D eigenvalue weighted by Crippen LogP contribution is 2.21. The molecule has 0 unspecified atom stereocenters. The molecule has 0 aliphatic carbocycles. The van der Waals surface area contributed by atoms with Gasteiger partial charge in [0, 0.05) is 95.7 Å². The summed E-state index contributed by atoms with van der Waals surface area (Å²) in [5, 5.41) is 6.43. The first-order valence-electron chi connectivity index (χ1n) is 47.1. The number of rotatable bonds is 41. The second-order valence-electron chi connectivity index (χ2n) is 48.2. The number of ether oxygens (including phenoxy) is 13. The number of hydrogen-bond donors (Lipinski definition) is 2. The second-order valence-corrected chi connectivity index (χ2v) is 48.2. The molecule has 0 saturated carbocycles. The highest BCUT2D eigenvalue weighted by molar-refractivity contribution is 5.76. The summed E-state index contributed by atoms with van der Waals surface area (Å²) in [6.07, 6.45) is 18.5. The fourth-order valence-corrected chi connectivity index (χ4v) is 9.04. The number of carbonyl (C=O) groups excluding carboxylic acids is 1. The molecule has 0 aromatic heterocycles. The van der Waals surface area contributed by atoms with Crippen molar-refractivity contribution in [2.75, 3.05) is 92.8 Å². The molecule has 0 atom stereocenters. The van der Waals surface area contributed by atoms with Gasteiger partial charge in [0.1, 0.15) is 0 Å². The Morgan fingerprint density at radius 2 is 0.430 bits per heavy atom. The average Bonchev–Trinajstić information content (AvgIpc) is 0.890. The third kappa shape index (κ3) is 141. The SMILES string of the molecule is CC(C)(C)NC(=O)CCCCOC(C)(C)C.CC(C)(C)NCCCCCOC(C)(C)C.CC(C)(C)OCCCCCOC(C)(C)C.CC(C)(C)OCCCCOC(C)(C)C.CC(C)(C)OCCCCOC(C)(C)C.CC(C)(C)OCCCOC(C)(C)C.CC(C)(C)OCc1ccc(COC(C)(C)C)cc1.CN(CCCCCOC(C)(C)C)C(C)(C)C. The van der Waals surface area contributed by atoms with Gasteiger partial charge in [0.05, 0.1) is 86.0 Å². The third-order valence-electron chi connectivity index (χ3n) is 15.5. The van der Waals surface area contributed by atoms with E-state index in [9.17, 15) is 4.79 Å². The minimum Gasteiger partial charge on any atom is -0.376 e. The van der Waals surface area contributed by atoms with Crippen molar-refractivity contribution in [1.82, 2.24) is 15.5 Å². The molecule has 17 nitrogen and oxygen atoms in total. The van der Waals surface area contributed by atoms with E-state index in [1.165, 1.54) is 62.6 Å². The van der Waals surface area contributed by atoms with Crippen LogP contribution in [0.25, 0.3) is 0 Å². The molecule has 1 amide bonds. The third-order valence-corrected chi connectivity index (χ3v) is 15.5. The Kier molecular flexibility index (Phi) is 71.7. The van der Waals surface area contributed by atoms with Gasteiger partial charge in [-0.25, -0.2) is 0 Å². The maximum atomic E-state index is 11.5. The van der Waals surface area contributed by atoms with Crippen molar-refractivity contribution in [1.29, 1.82) is 0 Å². The Balaban J connectivity index is -0.000000246. The van der Waals surface area contributed by atoms with Crippen molar-refractivity contribution in [3.05, 3.63) is 35.4 Å². The van der Waals surface area contributed by atoms with Crippen LogP contribution in [-0.2, 0) is 79.6 Å². The summed E-state index contributed by atoms with van der Waals surface area (Å²) in [7, 11) is 2.20. The van der Waals surface area contributed by atoms with Crippen LogP contribution in [0.1, 0.15) is 453 Å². The summed E-state index contributed by atoms with van der Waals surface area (Å²) in [6, 6.07) is 8.42. The molecule has 0 aliphatic rings. The molecular formula is C104H217N3O14. The molecule has 0 fully saturated rings. The van der Waals surface area contributed by atoms with Gasteiger partial charge in [-0.15, -0.1) is 0 Å². The average molecular weight is 1730 g/mol. The van der Waals surface area contributed by atoms with E-state index in [1.54, 1.807) is 0 Å². The van der Waals surface area contributed by atoms with E-state index in [4.69, 9.17) is 61.6 Å². The van der Waals surface area contributed by atoms with Crippen molar-refractivity contribution in [2.24, 2.45) is 0 Å². The van der Waals surface area contributed by atoms with Gasteiger partial charge in [-0.1, -0.05) is 24.3 Å². The first kappa shape index (κ1) is 132. The van der Waals surface area contributed by atoms with Crippen LogP contribution in [0.4, 0.5) is 0 Å². The zero-order valence-electron chi connectivity index (χ0n) is 90.6. The van der Waals surface area contributed by atoms with Crippen molar-refractivity contribution in [2.45, 2.75) is 544 Å². The number of nitrogens with one attached hydrogen (secondary N) is 2. The lowest BCUT2D eigenvalue weighted by molar-refractivity contribution is -0.122.